The van der Waals surface area contributed by atoms with E-state index in [0.717, 1.165) is 30.7 Å². The van der Waals surface area contributed by atoms with Crippen LogP contribution in [0, 0.1) is 13.8 Å². The lowest BCUT2D eigenvalue weighted by atomic mass is 10.1. The number of rotatable bonds is 6. The Bertz CT molecular complexity index is 716. The number of hydrogen-bond acceptors (Lipinski definition) is 6. The van der Waals surface area contributed by atoms with Gasteiger partial charge < -0.3 is 18.9 Å². The predicted octanol–water partition coefficient (Wildman–Crippen LogP) is 2.27. The third kappa shape index (κ3) is 4.79. The van der Waals surface area contributed by atoms with Gasteiger partial charge in [-0.3, -0.25) is 4.79 Å². The minimum absolute atomic E-state index is 0.0230. The van der Waals surface area contributed by atoms with E-state index in [1.165, 1.54) is 0 Å². The van der Waals surface area contributed by atoms with E-state index in [0.29, 0.717) is 18.3 Å². The van der Waals surface area contributed by atoms with E-state index in [4.69, 9.17) is 14.0 Å². The Kier molecular flexibility index (Phi) is 5.65. The van der Waals surface area contributed by atoms with Gasteiger partial charge in [0.25, 0.3) is 11.8 Å². The molecule has 1 aromatic carbocycles. The highest BCUT2D eigenvalue weighted by atomic mass is 16.5. The second-order valence-corrected chi connectivity index (χ2v) is 6.20. The SMILES string of the molecule is Cc1noc(COC2CCCN(C(=O)COc3ccccc3C)C2)n1. The first kappa shape index (κ1) is 17.4. The Balaban J connectivity index is 1.47. The molecule has 0 saturated carbocycles. The fraction of sp³-hybridized carbons (Fsp3) is 0.500. The summed E-state index contributed by atoms with van der Waals surface area (Å²) < 4.78 is 16.5. The maximum atomic E-state index is 12.4. The summed E-state index contributed by atoms with van der Waals surface area (Å²) in [6.07, 6.45) is 1.79. The van der Waals surface area contributed by atoms with E-state index in [-0.39, 0.29) is 25.2 Å². The van der Waals surface area contributed by atoms with Gasteiger partial charge in [-0.2, -0.15) is 4.98 Å². The van der Waals surface area contributed by atoms with E-state index in [1.54, 1.807) is 11.8 Å². The van der Waals surface area contributed by atoms with E-state index in [1.807, 2.05) is 31.2 Å². The number of ether oxygens (including phenoxy) is 2. The number of aromatic nitrogens is 2. The zero-order valence-electron chi connectivity index (χ0n) is 14.6. The Hall–Kier alpha value is -2.41. The van der Waals surface area contributed by atoms with Gasteiger partial charge >= 0.3 is 0 Å². The van der Waals surface area contributed by atoms with Crippen LogP contribution in [0.2, 0.25) is 0 Å². The smallest absolute Gasteiger partial charge is 0.260 e. The summed E-state index contributed by atoms with van der Waals surface area (Å²) >= 11 is 0. The van der Waals surface area contributed by atoms with Crippen LogP contribution in [-0.2, 0) is 16.1 Å². The van der Waals surface area contributed by atoms with E-state index in [9.17, 15) is 4.79 Å². The average Bonchev–Trinajstić information content (AvgIpc) is 3.04. The van der Waals surface area contributed by atoms with E-state index in [2.05, 4.69) is 10.1 Å². The fourth-order valence-electron chi connectivity index (χ4n) is 2.84. The summed E-state index contributed by atoms with van der Waals surface area (Å²) in [5.41, 5.74) is 1.02. The van der Waals surface area contributed by atoms with Crippen molar-refractivity contribution in [3.8, 4) is 5.75 Å². The quantitative estimate of drug-likeness (QED) is 0.799. The molecule has 0 spiro atoms. The normalized spacial score (nSPS) is 17.5. The van der Waals surface area contributed by atoms with Crippen LogP contribution in [0.3, 0.4) is 0 Å². The molecule has 2 aromatic rings. The molecule has 1 atom stereocenters. The third-order valence-corrected chi connectivity index (χ3v) is 4.19. The summed E-state index contributed by atoms with van der Waals surface area (Å²) in [7, 11) is 0. The highest BCUT2D eigenvalue weighted by Gasteiger charge is 2.25. The van der Waals surface area contributed by atoms with Gasteiger partial charge in [-0.15, -0.1) is 0 Å². The van der Waals surface area contributed by atoms with E-state index >= 15 is 0 Å². The molecule has 0 aliphatic carbocycles. The van der Waals surface area contributed by atoms with Crippen LogP contribution in [0.4, 0.5) is 0 Å². The molecular weight excluding hydrogens is 322 g/mol. The van der Waals surface area contributed by atoms with Crippen molar-refractivity contribution in [3.63, 3.8) is 0 Å². The first-order chi connectivity index (χ1) is 12.1. The third-order valence-electron chi connectivity index (χ3n) is 4.19. The van der Waals surface area contributed by atoms with Crippen LogP contribution in [0.15, 0.2) is 28.8 Å². The standard InChI is InChI=1S/C18H23N3O4/c1-13-6-3-4-8-16(13)24-12-18(22)21-9-5-7-15(10-21)23-11-17-19-14(2)20-25-17/h3-4,6,8,15H,5,7,9-12H2,1-2H3. The number of para-hydroxylation sites is 1. The fourth-order valence-corrected chi connectivity index (χ4v) is 2.84. The molecule has 7 heteroatoms. The molecule has 0 bridgehead atoms. The molecule has 1 aliphatic rings. The van der Waals surface area contributed by atoms with Crippen molar-refractivity contribution >= 4 is 5.91 Å². The largest absolute Gasteiger partial charge is 0.484 e. The molecule has 25 heavy (non-hydrogen) atoms. The Morgan fingerprint density at radius 1 is 1.36 bits per heavy atom. The second kappa shape index (κ2) is 8.11. The summed E-state index contributed by atoms with van der Waals surface area (Å²) in [5.74, 6) is 1.77. The van der Waals surface area contributed by atoms with Crippen LogP contribution in [0.5, 0.6) is 5.75 Å². The molecule has 0 radical (unpaired) electrons. The topological polar surface area (TPSA) is 77.7 Å². The average molecular weight is 345 g/mol. The van der Waals surface area contributed by atoms with Crippen molar-refractivity contribution in [2.75, 3.05) is 19.7 Å². The lowest BCUT2D eigenvalue weighted by Gasteiger charge is -2.32. The molecule has 1 aromatic heterocycles. The lowest BCUT2D eigenvalue weighted by molar-refractivity contribution is -0.138. The van der Waals surface area contributed by atoms with Crippen molar-refractivity contribution < 1.29 is 18.8 Å². The summed E-state index contributed by atoms with van der Waals surface area (Å²) in [5, 5.41) is 3.74. The number of carbonyl (C=O) groups is 1. The van der Waals surface area contributed by atoms with Crippen LogP contribution in [0.1, 0.15) is 30.1 Å². The number of hydrogen-bond donors (Lipinski definition) is 0. The van der Waals surface area contributed by atoms with Crippen LogP contribution in [0.25, 0.3) is 0 Å². The number of piperidine rings is 1. The van der Waals surface area contributed by atoms with Crippen molar-refractivity contribution in [2.45, 2.75) is 39.4 Å². The Morgan fingerprint density at radius 2 is 2.20 bits per heavy atom. The van der Waals surface area contributed by atoms with Crippen molar-refractivity contribution in [3.05, 3.63) is 41.5 Å². The monoisotopic (exact) mass is 345 g/mol. The van der Waals surface area contributed by atoms with Crippen molar-refractivity contribution in [1.29, 1.82) is 0 Å². The number of amides is 1. The molecule has 2 heterocycles. The number of likely N-dealkylation sites (tertiary alicyclic amines) is 1. The predicted molar refractivity (Wildman–Crippen MR) is 90.1 cm³/mol. The lowest BCUT2D eigenvalue weighted by Crippen LogP contribution is -2.45. The van der Waals surface area contributed by atoms with Crippen LogP contribution in [-0.4, -0.2) is 46.7 Å². The number of carbonyl (C=O) groups excluding carboxylic acids is 1. The van der Waals surface area contributed by atoms with E-state index < -0.39 is 0 Å². The van der Waals surface area contributed by atoms with Gasteiger partial charge in [0.05, 0.1) is 6.10 Å². The van der Waals surface area contributed by atoms with Crippen molar-refractivity contribution in [1.82, 2.24) is 15.0 Å². The van der Waals surface area contributed by atoms with Crippen molar-refractivity contribution in [2.24, 2.45) is 0 Å². The number of aryl methyl sites for hydroxylation is 2. The summed E-state index contributed by atoms with van der Waals surface area (Å²) in [4.78, 5) is 18.3. The molecule has 1 amide bonds. The van der Waals surface area contributed by atoms with Gasteiger partial charge in [0.15, 0.2) is 12.4 Å². The summed E-state index contributed by atoms with van der Waals surface area (Å²) in [6, 6.07) is 7.68. The second-order valence-electron chi connectivity index (χ2n) is 6.20. The summed E-state index contributed by atoms with van der Waals surface area (Å²) in [6.45, 7) is 5.33. The highest BCUT2D eigenvalue weighted by molar-refractivity contribution is 5.78. The van der Waals surface area contributed by atoms with Crippen LogP contribution < -0.4 is 4.74 Å². The molecule has 0 N–H and O–H groups in total. The molecule has 1 saturated heterocycles. The van der Waals surface area contributed by atoms with Gasteiger partial charge in [0.1, 0.15) is 12.4 Å². The van der Waals surface area contributed by atoms with Crippen LogP contribution >= 0.6 is 0 Å². The molecule has 1 fully saturated rings. The zero-order chi connectivity index (χ0) is 17.6. The maximum absolute atomic E-state index is 12.4. The number of nitrogens with zero attached hydrogens (tertiary/aromatic N) is 3. The Labute approximate surface area is 146 Å². The zero-order valence-corrected chi connectivity index (χ0v) is 14.6. The first-order valence-corrected chi connectivity index (χ1v) is 8.49. The molecule has 1 unspecified atom stereocenters. The minimum atomic E-state index is -0.0247. The van der Waals surface area contributed by atoms with Gasteiger partial charge in [-0.25, -0.2) is 0 Å². The molecule has 3 rings (SSSR count). The highest BCUT2D eigenvalue weighted by Crippen LogP contribution is 2.18. The number of benzene rings is 1. The van der Waals surface area contributed by atoms with Gasteiger partial charge in [-0.1, -0.05) is 23.4 Å². The van der Waals surface area contributed by atoms with Gasteiger partial charge in [-0.05, 0) is 38.3 Å². The molecule has 134 valence electrons. The maximum Gasteiger partial charge on any atom is 0.260 e. The molecule has 1 aliphatic heterocycles. The Morgan fingerprint density at radius 3 is 2.96 bits per heavy atom. The van der Waals surface area contributed by atoms with Gasteiger partial charge in [0.2, 0.25) is 0 Å². The first-order valence-electron chi connectivity index (χ1n) is 8.49. The van der Waals surface area contributed by atoms with Gasteiger partial charge in [0, 0.05) is 13.1 Å². The molecule has 7 nitrogen and oxygen atoms in total. The molecular formula is C18H23N3O4. The minimum Gasteiger partial charge on any atom is -0.484 e.